The van der Waals surface area contributed by atoms with Gasteiger partial charge in [-0.3, -0.25) is 4.79 Å². The van der Waals surface area contributed by atoms with E-state index in [0.29, 0.717) is 11.6 Å². The lowest BCUT2D eigenvalue weighted by Gasteiger charge is -2.05. The third-order valence-corrected chi connectivity index (χ3v) is 2.56. The molecule has 14 heavy (non-hydrogen) atoms. The molecule has 0 radical (unpaired) electrons. The van der Waals surface area contributed by atoms with Gasteiger partial charge in [0.1, 0.15) is 5.69 Å². The molecule has 3 nitrogen and oxygen atoms in total. The quantitative estimate of drug-likeness (QED) is 0.770. The zero-order chi connectivity index (χ0) is 10.1. The van der Waals surface area contributed by atoms with E-state index >= 15 is 0 Å². The smallest absolute Gasteiger partial charge is 0.269 e. The van der Waals surface area contributed by atoms with E-state index in [-0.39, 0.29) is 5.91 Å². The fourth-order valence-corrected chi connectivity index (χ4v) is 1.57. The van der Waals surface area contributed by atoms with Gasteiger partial charge in [0, 0.05) is 18.7 Å². The summed E-state index contributed by atoms with van der Waals surface area (Å²) < 4.78 is 0. The van der Waals surface area contributed by atoms with Crippen molar-refractivity contribution in [1.82, 2.24) is 10.3 Å². The molecule has 1 aliphatic carbocycles. The first-order valence-corrected chi connectivity index (χ1v) is 4.92. The maximum absolute atomic E-state index is 11.3. The molecule has 0 atom stereocenters. The van der Waals surface area contributed by atoms with Crippen LogP contribution >= 0.6 is 0 Å². The van der Waals surface area contributed by atoms with Crippen LogP contribution in [0.3, 0.4) is 0 Å². The molecular weight excluding hydrogens is 176 g/mol. The van der Waals surface area contributed by atoms with E-state index in [2.05, 4.69) is 10.3 Å². The Labute approximate surface area is 83.5 Å². The van der Waals surface area contributed by atoms with E-state index in [1.165, 1.54) is 18.4 Å². The van der Waals surface area contributed by atoms with E-state index in [0.717, 1.165) is 5.69 Å². The molecule has 0 spiro atoms. The second kappa shape index (κ2) is 3.40. The Bertz CT molecular complexity index is 370. The fraction of sp³-hybridized carbons (Fsp3) is 0.455. The lowest BCUT2D eigenvalue weighted by Crippen LogP contribution is -2.19. The van der Waals surface area contributed by atoms with Gasteiger partial charge < -0.3 is 5.32 Å². The van der Waals surface area contributed by atoms with Crippen LogP contribution in [0.1, 0.15) is 40.5 Å². The van der Waals surface area contributed by atoms with Crippen molar-refractivity contribution in [3.63, 3.8) is 0 Å². The molecule has 1 saturated carbocycles. The summed E-state index contributed by atoms with van der Waals surface area (Å²) in [5.74, 6) is 0.492. The van der Waals surface area contributed by atoms with Gasteiger partial charge in [0.15, 0.2) is 0 Å². The van der Waals surface area contributed by atoms with Gasteiger partial charge in [-0.2, -0.15) is 0 Å². The molecule has 3 heteroatoms. The van der Waals surface area contributed by atoms with Crippen molar-refractivity contribution in [2.24, 2.45) is 0 Å². The van der Waals surface area contributed by atoms with Gasteiger partial charge in [-0.25, -0.2) is 4.98 Å². The summed E-state index contributed by atoms with van der Waals surface area (Å²) in [6, 6.07) is 3.76. The topological polar surface area (TPSA) is 42.0 Å². The number of hydrogen-bond acceptors (Lipinski definition) is 2. The molecule has 1 heterocycles. The number of amides is 1. The Morgan fingerprint density at radius 2 is 2.21 bits per heavy atom. The summed E-state index contributed by atoms with van der Waals surface area (Å²) in [5.41, 5.74) is 2.83. The molecule has 1 aliphatic rings. The summed E-state index contributed by atoms with van der Waals surface area (Å²) >= 11 is 0. The van der Waals surface area contributed by atoms with Gasteiger partial charge in [-0.15, -0.1) is 0 Å². The first-order valence-electron chi connectivity index (χ1n) is 4.92. The highest BCUT2D eigenvalue weighted by atomic mass is 16.1. The molecule has 0 aliphatic heterocycles. The molecule has 0 bridgehead atoms. The van der Waals surface area contributed by atoms with E-state index in [1.807, 2.05) is 13.0 Å². The standard InChI is InChI=1S/C11H14N2O/c1-7-3-6-9(11(14)12-2)13-10(7)8-4-5-8/h3,6,8H,4-5H2,1-2H3,(H,12,14). The van der Waals surface area contributed by atoms with E-state index < -0.39 is 0 Å². The number of rotatable bonds is 2. The number of carbonyl (C=O) groups excluding carboxylic acids is 1. The molecule has 0 saturated heterocycles. The van der Waals surface area contributed by atoms with Crippen LogP contribution < -0.4 is 5.32 Å². The molecular formula is C11H14N2O. The number of aryl methyl sites for hydroxylation is 1. The molecule has 1 N–H and O–H groups in total. The Hall–Kier alpha value is -1.38. The van der Waals surface area contributed by atoms with Crippen molar-refractivity contribution < 1.29 is 4.79 Å². The molecule has 1 aromatic heterocycles. The molecule has 0 unspecified atom stereocenters. The maximum Gasteiger partial charge on any atom is 0.269 e. The van der Waals surface area contributed by atoms with Crippen LogP contribution in [0, 0.1) is 6.92 Å². The van der Waals surface area contributed by atoms with Gasteiger partial charge in [0.2, 0.25) is 0 Å². The van der Waals surface area contributed by atoms with Gasteiger partial charge in [0.05, 0.1) is 0 Å². The highest BCUT2D eigenvalue weighted by Gasteiger charge is 2.27. The van der Waals surface area contributed by atoms with Crippen LogP contribution in [0.5, 0.6) is 0 Å². The Balaban J connectivity index is 2.35. The van der Waals surface area contributed by atoms with Crippen molar-refractivity contribution in [3.05, 3.63) is 29.1 Å². The van der Waals surface area contributed by atoms with Crippen LogP contribution in [-0.2, 0) is 0 Å². The first kappa shape index (κ1) is 9.19. The minimum absolute atomic E-state index is 0.105. The van der Waals surface area contributed by atoms with Crippen molar-refractivity contribution in [2.45, 2.75) is 25.7 Å². The Kier molecular flexibility index (Phi) is 2.23. The van der Waals surface area contributed by atoms with Crippen LogP contribution in [-0.4, -0.2) is 17.9 Å². The summed E-state index contributed by atoms with van der Waals surface area (Å²) in [6.45, 7) is 2.05. The molecule has 74 valence electrons. The van der Waals surface area contributed by atoms with Gasteiger partial charge in [0.25, 0.3) is 5.91 Å². The number of pyridine rings is 1. The van der Waals surface area contributed by atoms with Crippen molar-refractivity contribution >= 4 is 5.91 Å². The number of carbonyl (C=O) groups is 1. The summed E-state index contributed by atoms with van der Waals surface area (Å²) in [4.78, 5) is 15.7. The van der Waals surface area contributed by atoms with E-state index in [9.17, 15) is 4.79 Å². The largest absolute Gasteiger partial charge is 0.354 e. The fourth-order valence-electron chi connectivity index (χ4n) is 1.57. The number of hydrogen-bond donors (Lipinski definition) is 1. The van der Waals surface area contributed by atoms with Gasteiger partial charge in [-0.05, 0) is 31.4 Å². The minimum atomic E-state index is -0.105. The number of nitrogens with one attached hydrogen (secondary N) is 1. The predicted octanol–water partition coefficient (Wildman–Crippen LogP) is 1.63. The van der Waals surface area contributed by atoms with Crippen molar-refractivity contribution in [3.8, 4) is 0 Å². The first-order chi connectivity index (χ1) is 6.72. The van der Waals surface area contributed by atoms with Crippen molar-refractivity contribution in [1.29, 1.82) is 0 Å². The third-order valence-electron chi connectivity index (χ3n) is 2.56. The van der Waals surface area contributed by atoms with E-state index in [1.54, 1.807) is 13.1 Å². The average molecular weight is 190 g/mol. The predicted molar refractivity (Wildman–Crippen MR) is 54.3 cm³/mol. The van der Waals surface area contributed by atoms with Crippen molar-refractivity contribution in [2.75, 3.05) is 7.05 Å². The molecule has 1 amide bonds. The van der Waals surface area contributed by atoms with Gasteiger partial charge >= 0.3 is 0 Å². The molecule has 1 fully saturated rings. The molecule has 0 aromatic carbocycles. The zero-order valence-electron chi connectivity index (χ0n) is 8.50. The summed E-state index contributed by atoms with van der Waals surface area (Å²) in [7, 11) is 1.63. The monoisotopic (exact) mass is 190 g/mol. The summed E-state index contributed by atoms with van der Waals surface area (Å²) in [5, 5.41) is 2.59. The maximum atomic E-state index is 11.3. The number of nitrogens with zero attached hydrogens (tertiary/aromatic N) is 1. The Morgan fingerprint density at radius 1 is 1.50 bits per heavy atom. The summed E-state index contributed by atoms with van der Waals surface area (Å²) in [6.07, 6.45) is 2.43. The second-order valence-electron chi connectivity index (χ2n) is 3.75. The van der Waals surface area contributed by atoms with Crippen LogP contribution in [0.25, 0.3) is 0 Å². The van der Waals surface area contributed by atoms with Crippen LogP contribution in [0.15, 0.2) is 12.1 Å². The number of aromatic nitrogens is 1. The van der Waals surface area contributed by atoms with Gasteiger partial charge in [-0.1, -0.05) is 6.07 Å². The highest BCUT2D eigenvalue weighted by Crippen LogP contribution is 2.40. The molecule has 1 aromatic rings. The normalized spacial score (nSPS) is 15.3. The second-order valence-corrected chi connectivity index (χ2v) is 3.75. The van der Waals surface area contributed by atoms with E-state index in [4.69, 9.17) is 0 Å². The molecule has 2 rings (SSSR count). The highest BCUT2D eigenvalue weighted by molar-refractivity contribution is 5.92. The lowest BCUT2D eigenvalue weighted by molar-refractivity contribution is 0.0958. The lowest BCUT2D eigenvalue weighted by atomic mass is 10.1. The Morgan fingerprint density at radius 3 is 2.79 bits per heavy atom. The zero-order valence-corrected chi connectivity index (χ0v) is 8.50. The van der Waals surface area contributed by atoms with Crippen LogP contribution in [0.4, 0.5) is 0 Å². The van der Waals surface area contributed by atoms with Crippen LogP contribution in [0.2, 0.25) is 0 Å². The SMILES string of the molecule is CNC(=O)c1ccc(C)c(C2CC2)n1. The third kappa shape index (κ3) is 1.62. The average Bonchev–Trinajstić information content (AvgIpc) is 3.01. The minimum Gasteiger partial charge on any atom is -0.354 e.